The molecule has 2 rings (SSSR count). The van der Waals surface area contributed by atoms with Crippen LogP contribution < -0.4 is 10.1 Å². The maximum Gasteiger partial charge on any atom is 0.165 e. The molecule has 0 amide bonds. The summed E-state index contributed by atoms with van der Waals surface area (Å²) in [5.41, 5.74) is 0.933. The summed E-state index contributed by atoms with van der Waals surface area (Å²) in [4.78, 5) is 2.39. The fraction of sp³-hybridized carbons (Fsp3) is 0.625. The van der Waals surface area contributed by atoms with Crippen LogP contribution >= 0.6 is 0 Å². The molecule has 0 saturated carbocycles. The summed E-state index contributed by atoms with van der Waals surface area (Å²) in [5, 5.41) is 3.52. The lowest BCUT2D eigenvalue weighted by molar-refractivity contribution is 0.0339. The molecule has 0 aliphatic carbocycles. The lowest BCUT2D eigenvalue weighted by Crippen LogP contribution is -2.44. The molecule has 1 N–H and O–H groups in total. The first kappa shape index (κ1) is 16.2. The average Bonchev–Trinajstić information content (AvgIpc) is 2.48. The first-order valence-electron chi connectivity index (χ1n) is 7.49. The third kappa shape index (κ3) is 4.66. The molecule has 2 unspecified atom stereocenters. The quantitative estimate of drug-likeness (QED) is 0.872. The highest BCUT2D eigenvalue weighted by molar-refractivity contribution is 5.30. The summed E-state index contributed by atoms with van der Waals surface area (Å²) in [5.74, 6) is -0.0307. The van der Waals surface area contributed by atoms with Crippen molar-refractivity contribution in [1.29, 1.82) is 0 Å². The van der Waals surface area contributed by atoms with Gasteiger partial charge in [-0.1, -0.05) is 6.07 Å². The number of halogens is 1. The molecule has 21 heavy (non-hydrogen) atoms. The number of methoxy groups -OCH3 is 1. The Labute approximate surface area is 126 Å². The minimum absolute atomic E-state index is 0.0986. The van der Waals surface area contributed by atoms with Crippen molar-refractivity contribution < 1.29 is 13.9 Å². The first-order valence-corrected chi connectivity index (χ1v) is 7.49. The van der Waals surface area contributed by atoms with Gasteiger partial charge in [0.1, 0.15) is 0 Å². The predicted octanol–water partition coefficient (Wildman–Crippen LogP) is 2.21. The van der Waals surface area contributed by atoms with Gasteiger partial charge in [-0.3, -0.25) is 4.90 Å². The smallest absolute Gasteiger partial charge is 0.165 e. The lowest BCUT2D eigenvalue weighted by atomic mass is 10.1. The summed E-state index contributed by atoms with van der Waals surface area (Å²) in [6.45, 7) is 8.78. The number of rotatable bonds is 6. The van der Waals surface area contributed by atoms with Crippen molar-refractivity contribution in [3.05, 3.63) is 29.6 Å². The van der Waals surface area contributed by atoms with Crippen LogP contribution in [0.4, 0.5) is 4.39 Å². The molecule has 1 aliphatic heterocycles. The topological polar surface area (TPSA) is 33.7 Å². The molecule has 1 aromatic carbocycles. The van der Waals surface area contributed by atoms with E-state index in [9.17, 15) is 4.39 Å². The number of hydrogen-bond acceptors (Lipinski definition) is 4. The second-order valence-electron chi connectivity index (χ2n) is 5.60. The zero-order valence-electron chi connectivity index (χ0n) is 13.1. The third-order valence-corrected chi connectivity index (χ3v) is 3.85. The first-order chi connectivity index (χ1) is 10.1. The zero-order chi connectivity index (χ0) is 15.2. The van der Waals surface area contributed by atoms with Gasteiger partial charge in [-0.25, -0.2) is 4.39 Å². The Morgan fingerprint density at radius 3 is 2.67 bits per heavy atom. The third-order valence-electron chi connectivity index (χ3n) is 3.85. The average molecular weight is 296 g/mol. The molecule has 0 radical (unpaired) electrons. The van der Waals surface area contributed by atoms with E-state index >= 15 is 0 Å². The van der Waals surface area contributed by atoms with Crippen molar-refractivity contribution in [3.63, 3.8) is 0 Å². The highest BCUT2D eigenvalue weighted by atomic mass is 19.1. The zero-order valence-corrected chi connectivity index (χ0v) is 13.1. The highest BCUT2D eigenvalue weighted by Crippen LogP contribution is 2.22. The molecule has 0 aromatic heterocycles. The SMILES string of the molecule is COc1ccc(C(C)NC(C)CN2CCOCC2)cc1F. The fourth-order valence-corrected chi connectivity index (χ4v) is 2.70. The van der Waals surface area contributed by atoms with Crippen LogP contribution in [0.25, 0.3) is 0 Å². The second kappa shape index (κ2) is 7.73. The van der Waals surface area contributed by atoms with Gasteiger partial charge in [0.2, 0.25) is 0 Å². The van der Waals surface area contributed by atoms with E-state index in [4.69, 9.17) is 9.47 Å². The van der Waals surface area contributed by atoms with E-state index in [2.05, 4.69) is 24.1 Å². The van der Waals surface area contributed by atoms with E-state index < -0.39 is 0 Å². The van der Waals surface area contributed by atoms with Gasteiger partial charge in [-0.05, 0) is 31.5 Å². The van der Waals surface area contributed by atoms with Gasteiger partial charge in [0.25, 0.3) is 0 Å². The molecule has 0 spiro atoms. The van der Waals surface area contributed by atoms with Crippen LogP contribution in [0.5, 0.6) is 5.75 Å². The Kier molecular flexibility index (Phi) is 5.96. The van der Waals surface area contributed by atoms with Gasteiger partial charge in [0.15, 0.2) is 11.6 Å². The summed E-state index contributed by atoms with van der Waals surface area (Å²) in [7, 11) is 1.48. The van der Waals surface area contributed by atoms with Crippen LogP contribution in [0.1, 0.15) is 25.5 Å². The molecule has 1 fully saturated rings. The molecule has 1 aromatic rings. The van der Waals surface area contributed by atoms with Gasteiger partial charge < -0.3 is 14.8 Å². The predicted molar refractivity (Wildman–Crippen MR) is 81.2 cm³/mol. The minimum atomic E-state index is -0.315. The number of hydrogen-bond donors (Lipinski definition) is 1. The Hall–Kier alpha value is -1.17. The normalized spacial score (nSPS) is 19.2. The summed E-state index contributed by atoms with van der Waals surface area (Å²) in [6.07, 6.45) is 0. The lowest BCUT2D eigenvalue weighted by Gasteiger charge is -2.30. The molecule has 118 valence electrons. The molecular formula is C16H25FN2O2. The number of nitrogens with zero attached hydrogens (tertiary/aromatic N) is 1. The Bertz CT molecular complexity index is 450. The van der Waals surface area contributed by atoms with Crippen LogP contribution in [0.15, 0.2) is 18.2 Å². The molecule has 1 heterocycles. The van der Waals surface area contributed by atoms with E-state index in [1.807, 2.05) is 6.07 Å². The molecule has 4 nitrogen and oxygen atoms in total. The summed E-state index contributed by atoms with van der Waals surface area (Å²) >= 11 is 0. The summed E-state index contributed by atoms with van der Waals surface area (Å²) in [6, 6.07) is 5.55. The molecular weight excluding hydrogens is 271 g/mol. The number of nitrogens with one attached hydrogen (secondary N) is 1. The molecule has 0 bridgehead atoms. The minimum Gasteiger partial charge on any atom is -0.494 e. The Morgan fingerprint density at radius 2 is 2.05 bits per heavy atom. The van der Waals surface area contributed by atoms with Crippen molar-refractivity contribution in [2.45, 2.75) is 25.9 Å². The maximum atomic E-state index is 13.7. The van der Waals surface area contributed by atoms with Crippen LogP contribution in [0.2, 0.25) is 0 Å². The molecule has 1 aliphatic rings. The molecule has 1 saturated heterocycles. The van der Waals surface area contributed by atoms with Gasteiger partial charge in [0, 0.05) is 31.7 Å². The van der Waals surface area contributed by atoms with Crippen LogP contribution in [0.3, 0.4) is 0 Å². The van der Waals surface area contributed by atoms with Crippen molar-refractivity contribution in [3.8, 4) is 5.75 Å². The summed E-state index contributed by atoms with van der Waals surface area (Å²) < 4.78 is 24.0. The van der Waals surface area contributed by atoms with Gasteiger partial charge in [-0.2, -0.15) is 0 Å². The molecule has 5 heteroatoms. The van der Waals surface area contributed by atoms with E-state index in [0.717, 1.165) is 38.4 Å². The van der Waals surface area contributed by atoms with Crippen LogP contribution in [-0.4, -0.2) is 50.9 Å². The number of morpholine rings is 1. The van der Waals surface area contributed by atoms with E-state index in [1.54, 1.807) is 6.07 Å². The second-order valence-corrected chi connectivity index (χ2v) is 5.60. The van der Waals surface area contributed by atoms with E-state index in [-0.39, 0.29) is 17.6 Å². The molecule has 2 atom stereocenters. The van der Waals surface area contributed by atoms with Crippen molar-refractivity contribution in [1.82, 2.24) is 10.2 Å². The standard InChI is InChI=1S/C16H25FN2O2/c1-12(11-19-6-8-21-9-7-19)18-13(2)14-4-5-16(20-3)15(17)10-14/h4-5,10,12-13,18H,6-9,11H2,1-3H3. The van der Waals surface area contributed by atoms with E-state index in [0.29, 0.717) is 6.04 Å². The fourth-order valence-electron chi connectivity index (χ4n) is 2.70. The van der Waals surface area contributed by atoms with Crippen molar-refractivity contribution in [2.75, 3.05) is 40.0 Å². The van der Waals surface area contributed by atoms with Crippen LogP contribution in [0, 0.1) is 5.82 Å². The van der Waals surface area contributed by atoms with Crippen molar-refractivity contribution >= 4 is 0 Å². The monoisotopic (exact) mass is 296 g/mol. The number of ether oxygens (including phenoxy) is 2. The van der Waals surface area contributed by atoms with Crippen molar-refractivity contribution in [2.24, 2.45) is 0 Å². The number of benzene rings is 1. The Morgan fingerprint density at radius 1 is 1.33 bits per heavy atom. The largest absolute Gasteiger partial charge is 0.494 e. The Balaban J connectivity index is 1.87. The van der Waals surface area contributed by atoms with Gasteiger partial charge in [0.05, 0.1) is 20.3 Å². The van der Waals surface area contributed by atoms with Gasteiger partial charge >= 0.3 is 0 Å². The van der Waals surface area contributed by atoms with E-state index in [1.165, 1.54) is 13.2 Å². The highest BCUT2D eigenvalue weighted by Gasteiger charge is 2.16. The van der Waals surface area contributed by atoms with Gasteiger partial charge in [-0.15, -0.1) is 0 Å². The maximum absolute atomic E-state index is 13.7. The van der Waals surface area contributed by atoms with Crippen LogP contribution in [-0.2, 0) is 4.74 Å².